The first-order valence-corrected chi connectivity index (χ1v) is 7.52. The maximum absolute atomic E-state index is 5.52. The van der Waals surface area contributed by atoms with Crippen molar-refractivity contribution >= 4 is 0 Å². The second kappa shape index (κ2) is 7.51. The third-order valence-corrected chi connectivity index (χ3v) is 3.73. The van der Waals surface area contributed by atoms with Gasteiger partial charge in [-0.3, -0.25) is 4.90 Å². The van der Waals surface area contributed by atoms with E-state index in [9.17, 15) is 0 Å². The van der Waals surface area contributed by atoms with Crippen LogP contribution in [0.15, 0.2) is 24.3 Å². The SMILES string of the molecule is CCC[C@@H](c1ccc(OCC)cc1)N1CCNCC1. The predicted octanol–water partition coefficient (Wildman–Crippen LogP) is 2.83. The Hall–Kier alpha value is -1.06. The summed E-state index contributed by atoms with van der Waals surface area (Å²) in [6.07, 6.45) is 2.45. The van der Waals surface area contributed by atoms with Crippen molar-refractivity contribution in [2.75, 3.05) is 32.8 Å². The van der Waals surface area contributed by atoms with Gasteiger partial charge in [-0.1, -0.05) is 25.5 Å². The minimum atomic E-state index is 0.558. The third-order valence-electron chi connectivity index (χ3n) is 3.73. The zero-order valence-corrected chi connectivity index (χ0v) is 12.2. The summed E-state index contributed by atoms with van der Waals surface area (Å²) in [5.74, 6) is 0.974. The van der Waals surface area contributed by atoms with E-state index in [1.165, 1.54) is 18.4 Å². The van der Waals surface area contributed by atoms with Crippen LogP contribution in [0.4, 0.5) is 0 Å². The highest BCUT2D eigenvalue weighted by Crippen LogP contribution is 2.27. The standard InChI is InChI=1S/C16H26N2O/c1-3-5-16(18-12-10-17-11-13-18)14-6-8-15(9-7-14)19-4-2/h6-9,16-17H,3-5,10-13H2,1-2H3/t16-/m0/s1. The monoisotopic (exact) mass is 262 g/mol. The smallest absolute Gasteiger partial charge is 0.119 e. The van der Waals surface area contributed by atoms with E-state index < -0.39 is 0 Å². The number of nitrogens with zero attached hydrogens (tertiary/aromatic N) is 1. The van der Waals surface area contributed by atoms with Gasteiger partial charge < -0.3 is 10.1 Å². The highest BCUT2D eigenvalue weighted by Gasteiger charge is 2.21. The lowest BCUT2D eigenvalue weighted by molar-refractivity contribution is 0.164. The van der Waals surface area contributed by atoms with Crippen molar-refractivity contribution in [3.05, 3.63) is 29.8 Å². The van der Waals surface area contributed by atoms with Crippen molar-refractivity contribution in [3.63, 3.8) is 0 Å². The molecule has 1 aromatic carbocycles. The van der Waals surface area contributed by atoms with E-state index in [4.69, 9.17) is 4.74 Å². The minimum Gasteiger partial charge on any atom is -0.494 e. The summed E-state index contributed by atoms with van der Waals surface area (Å²) in [6, 6.07) is 9.22. The van der Waals surface area contributed by atoms with Crippen LogP contribution in [0.1, 0.15) is 38.3 Å². The molecule has 0 aliphatic carbocycles. The quantitative estimate of drug-likeness (QED) is 0.853. The molecule has 1 heterocycles. The summed E-state index contributed by atoms with van der Waals surface area (Å²) in [5, 5.41) is 3.43. The Morgan fingerprint density at radius 1 is 1.16 bits per heavy atom. The molecule has 0 saturated carbocycles. The molecule has 0 amide bonds. The third kappa shape index (κ3) is 3.95. The zero-order chi connectivity index (χ0) is 13.5. The van der Waals surface area contributed by atoms with Crippen molar-refractivity contribution in [1.82, 2.24) is 10.2 Å². The molecule has 0 radical (unpaired) electrons. The summed E-state index contributed by atoms with van der Waals surface area (Å²) in [6.45, 7) is 9.54. The Kier molecular flexibility index (Phi) is 5.67. The summed E-state index contributed by atoms with van der Waals surface area (Å²) in [4.78, 5) is 2.61. The van der Waals surface area contributed by atoms with Crippen LogP contribution in [-0.2, 0) is 0 Å². The molecule has 1 aromatic rings. The van der Waals surface area contributed by atoms with E-state index >= 15 is 0 Å². The second-order valence-electron chi connectivity index (χ2n) is 5.09. The van der Waals surface area contributed by atoms with Gasteiger partial charge in [0.05, 0.1) is 6.61 Å². The highest BCUT2D eigenvalue weighted by atomic mass is 16.5. The van der Waals surface area contributed by atoms with Crippen molar-refractivity contribution in [3.8, 4) is 5.75 Å². The van der Waals surface area contributed by atoms with E-state index in [2.05, 4.69) is 41.4 Å². The Balaban J connectivity index is 2.08. The molecule has 1 aliphatic rings. The van der Waals surface area contributed by atoms with Crippen LogP contribution in [0, 0.1) is 0 Å². The highest BCUT2D eigenvalue weighted by molar-refractivity contribution is 5.29. The van der Waals surface area contributed by atoms with Crippen LogP contribution in [-0.4, -0.2) is 37.7 Å². The largest absolute Gasteiger partial charge is 0.494 e. The minimum absolute atomic E-state index is 0.558. The van der Waals surface area contributed by atoms with Gasteiger partial charge in [0.25, 0.3) is 0 Å². The van der Waals surface area contributed by atoms with Crippen LogP contribution in [0.5, 0.6) is 5.75 Å². The molecule has 1 fully saturated rings. The molecular weight excluding hydrogens is 236 g/mol. The molecule has 0 spiro atoms. The average molecular weight is 262 g/mol. The first kappa shape index (κ1) is 14.4. The van der Waals surface area contributed by atoms with Gasteiger partial charge in [0.2, 0.25) is 0 Å². The Labute approximate surface area is 116 Å². The van der Waals surface area contributed by atoms with Crippen molar-refractivity contribution < 1.29 is 4.74 Å². The maximum Gasteiger partial charge on any atom is 0.119 e. The van der Waals surface area contributed by atoms with Gasteiger partial charge in [-0.05, 0) is 31.0 Å². The van der Waals surface area contributed by atoms with Crippen molar-refractivity contribution in [1.29, 1.82) is 0 Å². The summed E-state index contributed by atoms with van der Waals surface area (Å²) in [5.41, 5.74) is 1.42. The Morgan fingerprint density at radius 2 is 1.84 bits per heavy atom. The average Bonchev–Trinajstić information content (AvgIpc) is 2.47. The summed E-state index contributed by atoms with van der Waals surface area (Å²) >= 11 is 0. The van der Waals surface area contributed by atoms with Gasteiger partial charge >= 0.3 is 0 Å². The molecule has 0 bridgehead atoms. The van der Waals surface area contributed by atoms with E-state index in [0.29, 0.717) is 6.04 Å². The molecule has 2 rings (SSSR count). The topological polar surface area (TPSA) is 24.5 Å². The molecule has 1 saturated heterocycles. The molecule has 0 aromatic heterocycles. The number of benzene rings is 1. The van der Waals surface area contributed by atoms with Gasteiger partial charge in [-0.25, -0.2) is 0 Å². The first-order chi connectivity index (χ1) is 9.35. The van der Waals surface area contributed by atoms with E-state index in [-0.39, 0.29) is 0 Å². The number of ether oxygens (including phenoxy) is 1. The molecule has 0 unspecified atom stereocenters. The fraction of sp³-hybridized carbons (Fsp3) is 0.625. The van der Waals surface area contributed by atoms with Gasteiger partial charge in [-0.15, -0.1) is 0 Å². The molecular formula is C16H26N2O. The Morgan fingerprint density at radius 3 is 2.42 bits per heavy atom. The second-order valence-corrected chi connectivity index (χ2v) is 5.09. The van der Waals surface area contributed by atoms with Crippen molar-refractivity contribution in [2.24, 2.45) is 0 Å². The maximum atomic E-state index is 5.52. The fourth-order valence-corrected chi connectivity index (χ4v) is 2.78. The molecule has 1 aliphatic heterocycles. The number of nitrogens with one attached hydrogen (secondary N) is 1. The van der Waals surface area contributed by atoms with Gasteiger partial charge in [0.1, 0.15) is 5.75 Å². The summed E-state index contributed by atoms with van der Waals surface area (Å²) < 4.78 is 5.52. The number of hydrogen-bond acceptors (Lipinski definition) is 3. The fourth-order valence-electron chi connectivity index (χ4n) is 2.78. The number of hydrogen-bond donors (Lipinski definition) is 1. The first-order valence-electron chi connectivity index (χ1n) is 7.52. The van der Waals surface area contributed by atoms with E-state index in [1.54, 1.807) is 0 Å². The van der Waals surface area contributed by atoms with Crippen LogP contribution < -0.4 is 10.1 Å². The van der Waals surface area contributed by atoms with Crippen LogP contribution >= 0.6 is 0 Å². The molecule has 1 atom stereocenters. The number of piperazine rings is 1. The molecule has 3 nitrogen and oxygen atoms in total. The van der Waals surface area contributed by atoms with E-state index in [1.807, 2.05) is 6.92 Å². The normalized spacial score (nSPS) is 18.2. The molecule has 3 heteroatoms. The summed E-state index contributed by atoms with van der Waals surface area (Å²) in [7, 11) is 0. The van der Waals surface area contributed by atoms with Gasteiger partial charge in [0, 0.05) is 32.2 Å². The van der Waals surface area contributed by atoms with Gasteiger partial charge in [-0.2, -0.15) is 0 Å². The Bertz CT molecular complexity index is 358. The van der Waals surface area contributed by atoms with E-state index in [0.717, 1.165) is 38.5 Å². The molecule has 19 heavy (non-hydrogen) atoms. The lowest BCUT2D eigenvalue weighted by Crippen LogP contribution is -2.45. The predicted molar refractivity (Wildman–Crippen MR) is 79.7 cm³/mol. The van der Waals surface area contributed by atoms with Crippen LogP contribution in [0.2, 0.25) is 0 Å². The van der Waals surface area contributed by atoms with Crippen LogP contribution in [0.3, 0.4) is 0 Å². The van der Waals surface area contributed by atoms with Crippen molar-refractivity contribution in [2.45, 2.75) is 32.7 Å². The lowest BCUT2D eigenvalue weighted by atomic mass is 10.00. The van der Waals surface area contributed by atoms with Gasteiger partial charge in [0.15, 0.2) is 0 Å². The zero-order valence-electron chi connectivity index (χ0n) is 12.2. The number of rotatable bonds is 6. The van der Waals surface area contributed by atoms with Crippen LogP contribution in [0.25, 0.3) is 0 Å². The lowest BCUT2D eigenvalue weighted by Gasteiger charge is -2.35. The molecule has 106 valence electrons. The molecule has 1 N–H and O–H groups in total.